The molecule has 0 fully saturated rings. The van der Waals surface area contributed by atoms with Crippen molar-refractivity contribution in [1.29, 1.82) is 0 Å². The highest BCUT2D eigenvalue weighted by Gasteiger charge is 2.15. The van der Waals surface area contributed by atoms with E-state index in [4.69, 9.17) is 10.5 Å². The number of hydrogen-bond acceptors (Lipinski definition) is 4. The molecule has 100 valence electrons. The number of nitrogens with zero attached hydrogens (tertiary/aromatic N) is 2. The van der Waals surface area contributed by atoms with Crippen LogP contribution in [0.5, 0.6) is 11.6 Å². The van der Waals surface area contributed by atoms with Crippen molar-refractivity contribution in [2.75, 3.05) is 5.73 Å². The molecule has 0 amide bonds. The van der Waals surface area contributed by atoms with E-state index in [-0.39, 0.29) is 5.92 Å². The van der Waals surface area contributed by atoms with Crippen LogP contribution in [0.1, 0.15) is 30.9 Å². The number of ether oxygens (including phenoxy) is 1. The number of hydrogen-bond donors (Lipinski definition) is 1. The number of nitrogens with two attached hydrogens (primary N) is 1. The van der Waals surface area contributed by atoms with Crippen molar-refractivity contribution in [3.63, 3.8) is 0 Å². The van der Waals surface area contributed by atoms with Gasteiger partial charge in [-0.05, 0) is 36.6 Å². The molecule has 0 aliphatic rings. The summed E-state index contributed by atoms with van der Waals surface area (Å²) in [5, 5.41) is 0. The number of nitrogen functional groups attached to an aromatic ring is 1. The van der Waals surface area contributed by atoms with E-state index in [0.717, 1.165) is 21.3 Å². The first kappa shape index (κ1) is 13.8. The monoisotopic (exact) mass is 321 g/mol. The molecule has 0 aliphatic heterocycles. The molecular weight excluding hydrogens is 306 g/mol. The SMILES string of the molecule is Cc1cc(Br)ccc1Oc1ncnc(N)c1C(C)C. The fourth-order valence-corrected chi connectivity index (χ4v) is 2.32. The predicted octanol–water partition coefficient (Wildman–Crippen LogP) is 4.05. The van der Waals surface area contributed by atoms with Gasteiger partial charge in [0, 0.05) is 4.47 Å². The Hall–Kier alpha value is -1.62. The van der Waals surface area contributed by atoms with Gasteiger partial charge >= 0.3 is 0 Å². The quantitative estimate of drug-likeness (QED) is 0.926. The van der Waals surface area contributed by atoms with Gasteiger partial charge in [-0.3, -0.25) is 0 Å². The van der Waals surface area contributed by atoms with Crippen LogP contribution < -0.4 is 10.5 Å². The van der Waals surface area contributed by atoms with E-state index in [1.54, 1.807) is 0 Å². The number of aryl methyl sites for hydroxylation is 1. The van der Waals surface area contributed by atoms with E-state index < -0.39 is 0 Å². The summed E-state index contributed by atoms with van der Waals surface area (Å²) >= 11 is 3.43. The molecule has 0 bridgehead atoms. The Morgan fingerprint density at radius 2 is 2.00 bits per heavy atom. The number of rotatable bonds is 3. The number of benzene rings is 1. The largest absolute Gasteiger partial charge is 0.438 e. The second-order valence-electron chi connectivity index (χ2n) is 4.64. The maximum Gasteiger partial charge on any atom is 0.227 e. The van der Waals surface area contributed by atoms with Gasteiger partial charge in [0.1, 0.15) is 17.9 Å². The molecule has 2 aromatic rings. The van der Waals surface area contributed by atoms with Crippen LogP contribution in [0.4, 0.5) is 5.82 Å². The predicted molar refractivity (Wildman–Crippen MR) is 79.5 cm³/mol. The maximum absolute atomic E-state index is 5.90. The molecule has 1 aromatic heterocycles. The van der Waals surface area contributed by atoms with Crippen molar-refractivity contribution in [2.24, 2.45) is 0 Å². The summed E-state index contributed by atoms with van der Waals surface area (Å²) in [4.78, 5) is 8.21. The van der Waals surface area contributed by atoms with Crippen LogP contribution in [0.15, 0.2) is 29.0 Å². The van der Waals surface area contributed by atoms with Gasteiger partial charge in [-0.25, -0.2) is 9.97 Å². The third kappa shape index (κ3) is 3.04. The molecule has 0 saturated heterocycles. The highest BCUT2D eigenvalue weighted by Crippen LogP contribution is 2.33. The van der Waals surface area contributed by atoms with Gasteiger partial charge in [0.25, 0.3) is 0 Å². The topological polar surface area (TPSA) is 61.0 Å². The Labute approximate surface area is 121 Å². The van der Waals surface area contributed by atoms with Crippen LogP contribution in [-0.4, -0.2) is 9.97 Å². The van der Waals surface area contributed by atoms with Crippen LogP contribution in [0.2, 0.25) is 0 Å². The molecule has 0 spiro atoms. The average molecular weight is 322 g/mol. The first-order chi connectivity index (χ1) is 8.99. The summed E-state index contributed by atoms with van der Waals surface area (Å²) in [6.07, 6.45) is 1.42. The van der Waals surface area contributed by atoms with Crippen LogP contribution in [-0.2, 0) is 0 Å². The zero-order chi connectivity index (χ0) is 14.0. The summed E-state index contributed by atoms with van der Waals surface area (Å²) in [6, 6.07) is 5.83. The van der Waals surface area contributed by atoms with Gasteiger partial charge < -0.3 is 10.5 Å². The van der Waals surface area contributed by atoms with E-state index in [9.17, 15) is 0 Å². The summed E-state index contributed by atoms with van der Waals surface area (Å²) in [5.74, 6) is 1.96. The molecule has 0 atom stereocenters. The lowest BCUT2D eigenvalue weighted by molar-refractivity contribution is 0.448. The summed E-state index contributed by atoms with van der Waals surface area (Å²) < 4.78 is 6.90. The van der Waals surface area contributed by atoms with E-state index in [1.807, 2.05) is 39.0 Å². The fraction of sp³-hybridized carbons (Fsp3) is 0.286. The first-order valence-corrected chi connectivity index (χ1v) is 6.82. The van der Waals surface area contributed by atoms with E-state index >= 15 is 0 Å². The van der Waals surface area contributed by atoms with Gasteiger partial charge in [0.05, 0.1) is 5.56 Å². The summed E-state index contributed by atoms with van der Waals surface area (Å²) in [6.45, 7) is 6.06. The molecule has 0 aliphatic carbocycles. The molecule has 1 heterocycles. The van der Waals surface area contributed by atoms with Crippen molar-refractivity contribution in [3.05, 3.63) is 40.1 Å². The average Bonchev–Trinajstić information content (AvgIpc) is 2.32. The Morgan fingerprint density at radius 3 is 2.63 bits per heavy atom. The standard InChI is InChI=1S/C14H16BrN3O/c1-8(2)12-13(16)17-7-18-14(12)19-11-5-4-10(15)6-9(11)3/h4-8H,1-3H3,(H2,16,17,18). The lowest BCUT2D eigenvalue weighted by Gasteiger charge is -2.15. The first-order valence-electron chi connectivity index (χ1n) is 6.03. The highest BCUT2D eigenvalue weighted by molar-refractivity contribution is 9.10. The smallest absolute Gasteiger partial charge is 0.227 e. The van der Waals surface area contributed by atoms with Gasteiger partial charge in [-0.2, -0.15) is 0 Å². The van der Waals surface area contributed by atoms with Crippen molar-refractivity contribution in [2.45, 2.75) is 26.7 Å². The van der Waals surface area contributed by atoms with Crippen molar-refractivity contribution < 1.29 is 4.74 Å². The molecule has 0 radical (unpaired) electrons. The van der Waals surface area contributed by atoms with Gasteiger partial charge in [0.2, 0.25) is 5.88 Å². The molecule has 1 aromatic carbocycles. The van der Waals surface area contributed by atoms with Crippen LogP contribution >= 0.6 is 15.9 Å². The van der Waals surface area contributed by atoms with E-state index in [1.165, 1.54) is 6.33 Å². The molecule has 2 N–H and O–H groups in total. The molecule has 5 heteroatoms. The fourth-order valence-electron chi connectivity index (χ4n) is 1.85. The zero-order valence-electron chi connectivity index (χ0n) is 11.1. The molecule has 19 heavy (non-hydrogen) atoms. The minimum Gasteiger partial charge on any atom is -0.438 e. The lowest BCUT2D eigenvalue weighted by Crippen LogP contribution is -2.04. The lowest BCUT2D eigenvalue weighted by atomic mass is 10.1. The molecule has 0 unspecified atom stereocenters. The molecule has 0 saturated carbocycles. The highest BCUT2D eigenvalue weighted by atomic mass is 79.9. The molecular formula is C14H16BrN3O. The number of aromatic nitrogens is 2. The zero-order valence-corrected chi connectivity index (χ0v) is 12.7. The minimum atomic E-state index is 0.201. The van der Waals surface area contributed by atoms with Gasteiger partial charge in [0.15, 0.2) is 0 Å². The number of anilines is 1. The second-order valence-corrected chi connectivity index (χ2v) is 5.56. The number of halogens is 1. The van der Waals surface area contributed by atoms with E-state index in [0.29, 0.717) is 11.7 Å². The van der Waals surface area contributed by atoms with E-state index in [2.05, 4.69) is 25.9 Å². The Balaban J connectivity index is 2.41. The maximum atomic E-state index is 5.90. The van der Waals surface area contributed by atoms with Gasteiger partial charge in [-0.15, -0.1) is 0 Å². The molecule has 2 rings (SSSR count). The third-order valence-electron chi connectivity index (χ3n) is 2.80. The Kier molecular flexibility index (Phi) is 4.04. The van der Waals surface area contributed by atoms with Crippen LogP contribution in [0, 0.1) is 6.92 Å². The van der Waals surface area contributed by atoms with Crippen LogP contribution in [0.3, 0.4) is 0 Å². The second kappa shape index (κ2) is 5.57. The van der Waals surface area contributed by atoms with Gasteiger partial charge in [-0.1, -0.05) is 29.8 Å². The van der Waals surface area contributed by atoms with Crippen molar-refractivity contribution in [3.8, 4) is 11.6 Å². The summed E-state index contributed by atoms with van der Waals surface area (Å²) in [7, 11) is 0. The molecule has 4 nitrogen and oxygen atoms in total. The van der Waals surface area contributed by atoms with Crippen molar-refractivity contribution in [1.82, 2.24) is 9.97 Å². The van der Waals surface area contributed by atoms with Crippen molar-refractivity contribution >= 4 is 21.7 Å². The summed E-state index contributed by atoms with van der Waals surface area (Å²) in [5.41, 5.74) is 7.77. The Morgan fingerprint density at radius 1 is 1.26 bits per heavy atom. The minimum absolute atomic E-state index is 0.201. The third-order valence-corrected chi connectivity index (χ3v) is 3.29. The normalized spacial score (nSPS) is 10.8. The Bertz CT molecular complexity index is 599. The van der Waals surface area contributed by atoms with Crippen LogP contribution in [0.25, 0.3) is 0 Å².